The molecule has 1 N–H and O–H groups in total. The Kier molecular flexibility index (Phi) is 4.11. The predicted octanol–water partition coefficient (Wildman–Crippen LogP) is 4.36. The Morgan fingerprint density at radius 1 is 1.11 bits per heavy atom. The van der Waals surface area contributed by atoms with Crippen molar-refractivity contribution in [1.82, 2.24) is 5.32 Å². The van der Waals surface area contributed by atoms with Gasteiger partial charge < -0.3 is 5.32 Å². The molecule has 0 aromatic heterocycles. The van der Waals surface area contributed by atoms with Crippen LogP contribution in [0.5, 0.6) is 0 Å². The van der Waals surface area contributed by atoms with E-state index in [1.54, 1.807) is 0 Å². The van der Waals surface area contributed by atoms with Crippen molar-refractivity contribution in [3.05, 3.63) is 34.9 Å². The van der Waals surface area contributed by atoms with E-state index in [-0.39, 0.29) is 0 Å². The van der Waals surface area contributed by atoms with Crippen molar-refractivity contribution < 1.29 is 0 Å². The van der Waals surface area contributed by atoms with Crippen molar-refractivity contribution in [3.8, 4) is 0 Å². The molecule has 0 saturated heterocycles. The van der Waals surface area contributed by atoms with Gasteiger partial charge in [0.05, 0.1) is 0 Å². The third kappa shape index (κ3) is 3.58. The number of aryl methyl sites for hydroxylation is 2. The van der Waals surface area contributed by atoms with Gasteiger partial charge in [-0.3, -0.25) is 0 Å². The molecule has 100 valence electrons. The van der Waals surface area contributed by atoms with Crippen molar-refractivity contribution in [2.45, 2.75) is 66.0 Å². The van der Waals surface area contributed by atoms with E-state index in [0.29, 0.717) is 5.41 Å². The quantitative estimate of drug-likeness (QED) is 0.834. The molecule has 0 atom stereocenters. The topological polar surface area (TPSA) is 12.0 Å². The molecular formula is C17H27N. The SMILES string of the molecule is Cc1ccc(CNC2CCC(C)(C)CC2)cc1C. The predicted molar refractivity (Wildman–Crippen MR) is 78.8 cm³/mol. The van der Waals surface area contributed by atoms with Gasteiger partial charge in [-0.2, -0.15) is 0 Å². The van der Waals surface area contributed by atoms with Gasteiger partial charge in [-0.25, -0.2) is 0 Å². The minimum absolute atomic E-state index is 0.568. The number of benzene rings is 1. The summed E-state index contributed by atoms with van der Waals surface area (Å²) in [5.74, 6) is 0. The summed E-state index contributed by atoms with van der Waals surface area (Å²) >= 11 is 0. The highest BCUT2D eigenvalue weighted by atomic mass is 14.9. The van der Waals surface area contributed by atoms with Crippen LogP contribution >= 0.6 is 0 Å². The van der Waals surface area contributed by atoms with Gasteiger partial charge in [0.2, 0.25) is 0 Å². The van der Waals surface area contributed by atoms with Crippen LogP contribution < -0.4 is 5.32 Å². The van der Waals surface area contributed by atoms with Crippen LogP contribution in [0.2, 0.25) is 0 Å². The van der Waals surface area contributed by atoms with Crippen LogP contribution in [0.3, 0.4) is 0 Å². The molecule has 1 saturated carbocycles. The van der Waals surface area contributed by atoms with Gasteiger partial charge >= 0.3 is 0 Å². The van der Waals surface area contributed by atoms with Crippen molar-refractivity contribution >= 4 is 0 Å². The molecule has 1 aromatic carbocycles. The Morgan fingerprint density at radius 3 is 2.39 bits per heavy atom. The average Bonchev–Trinajstić information content (AvgIpc) is 2.32. The van der Waals surface area contributed by atoms with E-state index in [1.165, 1.54) is 42.4 Å². The maximum atomic E-state index is 3.72. The molecule has 0 radical (unpaired) electrons. The molecule has 18 heavy (non-hydrogen) atoms. The van der Waals surface area contributed by atoms with E-state index in [4.69, 9.17) is 0 Å². The van der Waals surface area contributed by atoms with Crippen molar-refractivity contribution in [2.75, 3.05) is 0 Å². The summed E-state index contributed by atoms with van der Waals surface area (Å²) in [7, 11) is 0. The number of hydrogen-bond donors (Lipinski definition) is 1. The van der Waals surface area contributed by atoms with Crippen LogP contribution in [0.15, 0.2) is 18.2 Å². The lowest BCUT2D eigenvalue weighted by atomic mass is 9.75. The number of rotatable bonds is 3. The fraction of sp³-hybridized carbons (Fsp3) is 0.647. The Balaban J connectivity index is 1.83. The van der Waals surface area contributed by atoms with Crippen LogP contribution in [0.1, 0.15) is 56.2 Å². The van der Waals surface area contributed by atoms with Crippen molar-refractivity contribution in [3.63, 3.8) is 0 Å². The van der Waals surface area contributed by atoms with Crippen LogP contribution in [0.4, 0.5) is 0 Å². The number of hydrogen-bond acceptors (Lipinski definition) is 1. The molecule has 0 bridgehead atoms. The van der Waals surface area contributed by atoms with E-state index in [9.17, 15) is 0 Å². The lowest BCUT2D eigenvalue weighted by Gasteiger charge is -2.34. The average molecular weight is 245 g/mol. The van der Waals surface area contributed by atoms with Gasteiger partial charge in [0.25, 0.3) is 0 Å². The minimum atomic E-state index is 0.568. The van der Waals surface area contributed by atoms with Gasteiger partial charge in [-0.1, -0.05) is 32.0 Å². The molecule has 0 amide bonds. The molecule has 0 aliphatic heterocycles. The molecular weight excluding hydrogens is 218 g/mol. The third-order valence-electron chi connectivity index (χ3n) is 4.51. The molecule has 1 fully saturated rings. The second-order valence-corrected chi connectivity index (χ2v) is 6.74. The lowest BCUT2D eigenvalue weighted by Crippen LogP contribution is -2.35. The summed E-state index contributed by atoms with van der Waals surface area (Å²) in [6.45, 7) is 10.2. The van der Waals surface area contributed by atoms with E-state index in [1.807, 2.05) is 0 Å². The molecule has 1 heteroatoms. The zero-order valence-corrected chi connectivity index (χ0v) is 12.3. The first-order chi connectivity index (χ1) is 8.46. The summed E-state index contributed by atoms with van der Waals surface area (Å²) < 4.78 is 0. The zero-order valence-electron chi connectivity index (χ0n) is 12.3. The molecule has 0 unspecified atom stereocenters. The standard InChI is InChI=1S/C17H27N/c1-13-5-6-15(11-14(13)2)12-18-16-7-9-17(3,4)10-8-16/h5-6,11,16,18H,7-10,12H2,1-4H3. The maximum absolute atomic E-state index is 3.72. The second kappa shape index (κ2) is 5.44. The van der Waals surface area contributed by atoms with Crippen molar-refractivity contribution in [1.29, 1.82) is 0 Å². The largest absolute Gasteiger partial charge is 0.310 e. The Hall–Kier alpha value is -0.820. The summed E-state index contributed by atoms with van der Waals surface area (Å²) in [6, 6.07) is 7.52. The molecule has 1 nitrogen and oxygen atoms in total. The summed E-state index contributed by atoms with van der Waals surface area (Å²) in [6.07, 6.45) is 5.38. The monoisotopic (exact) mass is 245 g/mol. The molecule has 0 spiro atoms. The molecule has 0 heterocycles. The van der Waals surface area contributed by atoms with Crippen molar-refractivity contribution in [2.24, 2.45) is 5.41 Å². The van der Waals surface area contributed by atoms with Crippen LogP contribution in [0.25, 0.3) is 0 Å². The van der Waals surface area contributed by atoms with Gasteiger partial charge in [0, 0.05) is 12.6 Å². The Bertz CT molecular complexity index is 396. The van der Waals surface area contributed by atoms with Crippen LogP contribution in [0, 0.1) is 19.3 Å². The first-order valence-corrected chi connectivity index (χ1v) is 7.26. The highest BCUT2D eigenvalue weighted by molar-refractivity contribution is 5.29. The Labute approximate surface area is 112 Å². The first-order valence-electron chi connectivity index (χ1n) is 7.26. The number of nitrogens with one attached hydrogen (secondary N) is 1. The molecule has 2 rings (SSSR count). The van der Waals surface area contributed by atoms with Crippen LogP contribution in [-0.4, -0.2) is 6.04 Å². The van der Waals surface area contributed by atoms with E-state index >= 15 is 0 Å². The highest BCUT2D eigenvalue weighted by Gasteiger charge is 2.26. The first kappa shape index (κ1) is 13.6. The summed E-state index contributed by atoms with van der Waals surface area (Å²) in [5.41, 5.74) is 4.78. The summed E-state index contributed by atoms with van der Waals surface area (Å²) in [5, 5.41) is 3.72. The Morgan fingerprint density at radius 2 is 1.78 bits per heavy atom. The van der Waals surface area contributed by atoms with Crippen LogP contribution in [-0.2, 0) is 6.54 Å². The highest BCUT2D eigenvalue weighted by Crippen LogP contribution is 2.35. The molecule has 1 aliphatic rings. The second-order valence-electron chi connectivity index (χ2n) is 6.74. The molecule has 1 aliphatic carbocycles. The molecule has 1 aromatic rings. The van der Waals surface area contributed by atoms with E-state index < -0.39 is 0 Å². The fourth-order valence-electron chi connectivity index (χ4n) is 2.78. The third-order valence-corrected chi connectivity index (χ3v) is 4.51. The van der Waals surface area contributed by atoms with Gasteiger partial charge in [0.15, 0.2) is 0 Å². The maximum Gasteiger partial charge on any atom is 0.0208 e. The summed E-state index contributed by atoms with van der Waals surface area (Å²) in [4.78, 5) is 0. The lowest BCUT2D eigenvalue weighted by molar-refractivity contribution is 0.206. The van der Waals surface area contributed by atoms with Gasteiger partial charge in [-0.05, 0) is 61.6 Å². The zero-order chi connectivity index (χ0) is 13.2. The van der Waals surface area contributed by atoms with E-state index in [0.717, 1.165) is 12.6 Å². The minimum Gasteiger partial charge on any atom is -0.310 e. The van der Waals surface area contributed by atoms with Gasteiger partial charge in [0.1, 0.15) is 0 Å². The fourth-order valence-corrected chi connectivity index (χ4v) is 2.78. The van der Waals surface area contributed by atoms with E-state index in [2.05, 4.69) is 51.2 Å². The smallest absolute Gasteiger partial charge is 0.0208 e. The van der Waals surface area contributed by atoms with Gasteiger partial charge in [-0.15, -0.1) is 0 Å². The normalized spacial score (nSPS) is 20.0.